The molecular formula is C11H17NOS. The predicted octanol–water partition coefficient (Wildman–Crippen LogP) is 2.79. The van der Waals surface area contributed by atoms with E-state index >= 15 is 0 Å². The van der Waals surface area contributed by atoms with Gasteiger partial charge in [0, 0.05) is 29.5 Å². The maximum Gasteiger partial charge on any atom is 0.0473 e. The van der Waals surface area contributed by atoms with E-state index in [0.29, 0.717) is 0 Å². The molecule has 0 amide bonds. The molecule has 0 saturated carbocycles. The molecule has 78 valence electrons. The lowest BCUT2D eigenvalue weighted by Crippen LogP contribution is -1.94. The van der Waals surface area contributed by atoms with E-state index in [4.69, 9.17) is 10.5 Å². The van der Waals surface area contributed by atoms with Crippen LogP contribution in [0.1, 0.15) is 13.3 Å². The van der Waals surface area contributed by atoms with Gasteiger partial charge >= 0.3 is 0 Å². The van der Waals surface area contributed by atoms with Gasteiger partial charge in [0.05, 0.1) is 0 Å². The minimum atomic E-state index is 0.808. The lowest BCUT2D eigenvalue weighted by molar-refractivity contribution is 0.149. The first-order chi connectivity index (χ1) is 6.83. The quantitative estimate of drug-likeness (QED) is 0.446. The number of ether oxygens (including phenoxy) is 1. The standard InChI is InChI=1S/C11H17NOS/c1-2-13-7-4-8-14-11-6-3-5-10(12)9-11/h3,5-6,9H,2,4,7-8,12H2,1H3. The minimum Gasteiger partial charge on any atom is -0.399 e. The number of benzene rings is 1. The van der Waals surface area contributed by atoms with Crippen LogP contribution < -0.4 is 5.73 Å². The largest absolute Gasteiger partial charge is 0.399 e. The zero-order valence-electron chi connectivity index (χ0n) is 8.53. The van der Waals surface area contributed by atoms with Gasteiger partial charge in [0.1, 0.15) is 0 Å². The molecule has 0 fully saturated rings. The highest BCUT2D eigenvalue weighted by molar-refractivity contribution is 7.99. The van der Waals surface area contributed by atoms with Crippen LogP contribution in [0.2, 0.25) is 0 Å². The lowest BCUT2D eigenvalue weighted by atomic mass is 10.3. The zero-order valence-corrected chi connectivity index (χ0v) is 9.35. The SMILES string of the molecule is CCOCCCSc1cccc(N)c1. The van der Waals surface area contributed by atoms with Crippen LogP contribution in [-0.2, 0) is 4.74 Å². The summed E-state index contributed by atoms with van der Waals surface area (Å²) >= 11 is 1.83. The Morgan fingerprint density at radius 1 is 1.43 bits per heavy atom. The van der Waals surface area contributed by atoms with Crippen LogP contribution in [0, 0.1) is 0 Å². The Bertz CT molecular complexity index is 265. The minimum absolute atomic E-state index is 0.808. The highest BCUT2D eigenvalue weighted by Gasteiger charge is 1.94. The molecule has 0 unspecified atom stereocenters. The van der Waals surface area contributed by atoms with Crippen LogP contribution in [0.5, 0.6) is 0 Å². The number of hydrogen-bond acceptors (Lipinski definition) is 3. The van der Waals surface area contributed by atoms with E-state index in [0.717, 1.165) is 31.1 Å². The van der Waals surface area contributed by atoms with Crippen molar-refractivity contribution in [3.63, 3.8) is 0 Å². The molecule has 1 aromatic rings. The Morgan fingerprint density at radius 3 is 3.00 bits per heavy atom. The molecule has 2 N–H and O–H groups in total. The van der Waals surface area contributed by atoms with Gasteiger partial charge in [-0.25, -0.2) is 0 Å². The zero-order chi connectivity index (χ0) is 10.2. The van der Waals surface area contributed by atoms with Gasteiger partial charge in [-0.05, 0) is 31.5 Å². The van der Waals surface area contributed by atoms with Crippen LogP contribution >= 0.6 is 11.8 Å². The van der Waals surface area contributed by atoms with Crippen molar-refractivity contribution in [2.75, 3.05) is 24.7 Å². The molecule has 0 radical (unpaired) electrons. The molecule has 0 aliphatic carbocycles. The highest BCUT2D eigenvalue weighted by Crippen LogP contribution is 2.20. The van der Waals surface area contributed by atoms with Crippen molar-refractivity contribution >= 4 is 17.4 Å². The van der Waals surface area contributed by atoms with Crippen molar-refractivity contribution in [3.05, 3.63) is 24.3 Å². The van der Waals surface area contributed by atoms with Crippen LogP contribution in [0.25, 0.3) is 0 Å². The van der Waals surface area contributed by atoms with E-state index in [1.807, 2.05) is 36.9 Å². The summed E-state index contributed by atoms with van der Waals surface area (Å²) in [5.41, 5.74) is 6.51. The molecule has 0 heterocycles. The fraction of sp³-hybridized carbons (Fsp3) is 0.455. The van der Waals surface area contributed by atoms with Gasteiger partial charge < -0.3 is 10.5 Å². The summed E-state index contributed by atoms with van der Waals surface area (Å²) in [6.45, 7) is 3.68. The smallest absolute Gasteiger partial charge is 0.0473 e. The van der Waals surface area contributed by atoms with Crippen LogP contribution in [0.15, 0.2) is 29.2 Å². The Hall–Kier alpha value is -0.670. The van der Waals surface area contributed by atoms with Crippen molar-refractivity contribution in [2.24, 2.45) is 0 Å². The van der Waals surface area contributed by atoms with Crippen LogP contribution in [0.3, 0.4) is 0 Å². The van der Waals surface area contributed by atoms with Gasteiger partial charge in [-0.15, -0.1) is 11.8 Å². The number of hydrogen-bond donors (Lipinski definition) is 1. The Kier molecular flexibility index (Phi) is 5.49. The number of anilines is 1. The molecule has 0 atom stereocenters. The average molecular weight is 211 g/mol. The lowest BCUT2D eigenvalue weighted by Gasteiger charge is -2.02. The second kappa shape index (κ2) is 6.74. The van der Waals surface area contributed by atoms with E-state index in [1.165, 1.54) is 4.90 Å². The van der Waals surface area contributed by atoms with Gasteiger partial charge in [-0.2, -0.15) is 0 Å². The fourth-order valence-electron chi connectivity index (χ4n) is 1.10. The second-order valence-corrected chi connectivity index (χ2v) is 4.14. The molecule has 0 aromatic heterocycles. The van der Waals surface area contributed by atoms with Crippen LogP contribution in [-0.4, -0.2) is 19.0 Å². The fourth-order valence-corrected chi connectivity index (χ4v) is 1.99. The first-order valence-electron chi connectivity index (χ1n) is 4.89. The summed E-state index contributed by atoms with van der Waals surface area (Å²) in [6, 6.07) is 7.98. The van der Waals surface area contributed by atoms with E-state index < -0.39 is 0 Å². The second-order valence-electron chi connectivity index (χ2n) is 2.97. The molecule has 0 saturated heterocycles. The highest BCUT2D eigenvalue weighted by atomic mass is 32.2. The van der Waals surface area contributed by atoms with Crippen molar-refractivity contribution in [2.45, 2.75) is 18.2 Å². The number of nitrogens with two attached hydrogens (primary N) is 1. The van der Waals surface area contributed by atoms with E-state index in [1.54, 1.807) is 0 Å². The monoisotopic (exact) mass is 211 g/mol. The molecule has 2 nitrogen and oxygen atoms in total. The maximum atomic E-state index is 5.67. The Morgan fingerprint density at radius 2 is 2.29 bits per heavy atom. The van der Waals surface area contributed by atoms with Gasteiger partial charge in [-0.1, -0.05) is 6.07 Å². The third-order valence-corrected chi connectivity index (χ3v) is 2.84. The summed E-state index contributed by atoms with van der Waals surface area (Å²) in [6.07, 6.45) is 1.09. The number of nitrogen functional groups attached to an aromatic ring is 1. The summed E-state index contributed by atoms with van der Waals surface area (Å²) in [7, 11) is 0. The number of rotatable bonds is 6. The molecule has 1 aromatic carbocycles. The van der Waals surface area contributed by atoms with Gasteiger partial charge in [-0.3, -0.25) is 0 Å². The van der Waals surface area contributed by atoms with Gasteiger partial charge in [0.2, 0.25) is 0 Å². The summed E-state index contributed by atoms with van der Waals surface area (Å²) < 4.78 is 5.26. The Balaban J connectivity index is 2.18. The average Bonchev–Trinajstić information content (AvgIpc) is 2.18. The third kappa shape index (κ3) is 4.53. The van der Waals surface area contributed by atoms with Crippen molar-refractivity contribution in [1.29, 1.82) is 0 Å². The molecule has 0 aliphatic rings. The summed E-state index contributed by atoms with van der Waals surface area (Å²) in [5.74, 6) is 1.09. The molecular weight excluding hydrogens is 194 g/mol. The van der Waals surface area contributed by atoms with Gasteiger partial charge in [0.15, 0.2) is 0 Å². The predicted molar refractivity (Wildman–Crippen MR) is 62.7 cm³/mol. The molecule has 0 bridgehead atoms. The van der Waals surface area contributed by atoms with E-state index in [9.17, 15) is 0 Å². The molecule has 1 rings (SSSR count). The van der Waals surface area contributed by atoms with Crippen molar-refractivity contribution in [1.82, 2.24) is 0 Å². The molecule has 14 heavy (non-hydrogen) atoms. The van der Waals surface area contributed by atoms with Crippen molar-refractivity contribution < 1.29 is 4.74 Å². The van der Waals surface area contributed by atoms with Gasteiger partial charge in [0.25, 0.3) is 0 Å². The van der Waals surface area contributed by atoms with E-state index in [2.05, 4.69) is 6.07 Å². The Labute approximate surface area is 89.8 Å². The first kappa shape index (κ1) is 11.4. The molecule has 0 aliphatic heterocycles. The maximum absolute atomic E-state index is 5.67. The summed E-state index contributed by atoms with van der Waals surface area (Å²) in [5, 5.41) is 0. The molecule has 3 heteroatoms. The number of thioether (sulfide) groups is 1. The van der Waals surface area contributed by atoms with Crippen molar-refractivity contribution in [3.8, 4) is 0 Å². The molecule has 0 spiro atoms. The normalized spacial score (nSPS) is 10.4. The summed E-state index contributed by atoms with van der Waals surface area (Å²) in [4.78, 5) is 1.24. The topological polar surface area (TPSA) is 35.2 Å². The third-order valence-electron chi connectivity index (χ3n) is 1.76. The van der Waals surface area contributed by atoms with E-state index in [-0.39, 0.29) is 0 Å². The first-order valence-corrected chi connectivity index (χ1v) is 5.87. The van der Waals surface area contributed by atoms with Crippen LogP contribution in [0.4, 0.5) is 5.69 Å².